The largest absolute Gasteiger partial charge is 0.393 e. The SMILES string of the molecule is O=C1C(c2nc[nH]n2)N(c2ccccc2)c2nccnc2N1[C@H]1CC[C@H](O)CC1. The van der Waals surface area contributed by atoms with E-state index in [1.807, 2.05) is 35.2 Å². The van der Waals surface area contributed by atoms with Gasteiger partial charge in [0.2, 0.25) is 0 Å². The van der Waals surface area contributed by atoms with Crippen molar-refractivity contribution in [2.45, 2.75) is 43.9 Å². The van der Waals surface area contributed by atoms with E-state index in [2.05, 4.69) is 25.1 Å². The number of anilines is 3. The van der Waals surface area contributed by atoms with Crippen LogP contribution in [0.25, 0.3) is 0 Å². The van der Waals surface area contributed by atoms with Crippen molar-refractivity contribution in [3.05, 3.63) is 54.9 Å². The third-order valence-electron chi connectivity index (χ3n) is 5.59. The third-order valence-corrected chi connectivity index (χ3v) is 5.59. The van der Waals surface area contributed by atoms with E-state index < -0.39 is 6.04 Å². The molecular weight excluding hydrogens is 370 g/mol. The van der Waals surface area contributed by atoms with E-state index in [-0.39, 0.29) is 18.1 Å². The molecule has 9 heteroatoms. The molecule has 1 aliphatic heterocycles. The maximum Gasteiger partial charge on any atom is 0.259 e. The molecule has 2 aromatic heterocycles. The lowest BCUT2D eigenvalue weighted by atomic mass is 9.90. The van der Waals surface area contributed by atoms with Crippen molar-refractivity contribution in [1.29, 1.82) is 0 Å². The normalized spacial score (nSPS) is 24.4. The Morgan fingerprint density at radius 3 is 2.28 bits per heavy atom. The number of H-pyrrole nitrogens is 1. The Kier molecular flexibility index (Phi) is 4.44. The maximum absolute atomic E-state index is 13.8. The summed E-state index contributed by atoms with van der Waals surface area (Å²) < 4.78 is 0. The second kappa shape index (κ2) is 7.25. The number of nitrogens with one attached hydrogen (secondary N) is 1. The van der Waals surface area contributed by atoms with Crippen LogP contribution < -0.4 is 9.80 Å². The maximum atomic E-state index is 13.8. The highest BCUT2D eigenvalue weighted by Crippen LogP contribution is 2.44. The molecule has 9 nitrogen and oxygen atoms in total. The van der Waals surface area contributed by atoms with Crippen molar-refractivity contribution in [3.8, 4) is 0 Å². The summed E-state index contributed by atoms with van der Waals surface area (Å²) in [6, 6.07) is 8.82. The number of carbonyl (C=O) groups excluding carboxylic acids is 1. The molecule has 1 aliphatic carbocycles. The van der Waals surface area contributed by atoms with Gasteiger partial charge in [-0.25, -0.2) is 15.0 Å². The molecule has 3 aromatic rings. The summed E-state index contributed by atoms with van der Waals surface area (Å²) in [4.78, 5) is 30.8. The lowest BCUT2D eigenvalue weighted by Gasteiger charge is -2.44. The summed E-state index contributed by atoms with van der Waals surface area (Å²) in [5.74, 6) is 1.38. The first-order valence-electron chi connectivity index (χ1n) is 9.76. The number of fused-ring (bicyclic) bond motifs is 1. The second-order valence-corrected chi connectivity index (χ2v) is 7.34. The number of rotatable bonds is 3. The Morgan fingerprint density at radius 1 is 0.931 bits per heavy atom. The number of amides is 1. The van der Waals surface area contributed by atoms with Crippen molar-refractivity contribution in [1.82, 2.24) is 25.1 Å². The van der Waals surface area contributed by atoms with Crippen molar-refractivity contribution in [2.24, 2.45) is 0 Å². The average Bonchev–Trinajstić information content (AvgIpc) is 3.29. The Bertz CT molecular complexity index is 987. The van der Waals surface area contributed by atoms with Crippen molar-refractivity contribution in [3.63, 3.8) is 0 Å². The number of nitrogens with zero attached hydrogens (tertiary/aromatic N) is 6. The zero-order valence-electron chi connectivity index (χ0n) is 15.7. The van der Waals surface area contributed by atoms with Gasteiger partial charge in [-0.1, -0.05) is 18.2 Å². The van der Waals surface area contributed by atoms with E-state index in [1.165, 1.54) is 6.33 Å². The summed E-state index contributed by atoms with van der Waals surface area (Å²) in [6.45, 7) is 0. The molecule has 1 saturated carbocycles. The zero-order valence-corrected chi connectivity index (χ0v) is 15.7. The summed E-state index contributed by atoms with van der Waals surface area (Å²) in [7, 11) is 0. The van der Waals surface area contributed by atoms with Crippen molar-refractivity contribution in [2.75, 3.05) is 9.80 Å². The second-order valence-electron chi connectivity index (χ2n) is 7.34. The molecule has 3 heterocycles. The minimum Gasteiger partial charge on any atom is -0.393 e. The molecule has 2 aliphatic rings. The molecule has 29 heavy (non-hydrogen) atoms. The Labute approximate surface area is 167 Å². The van der Waals surface area contributed by atoms with Crippen LogP contribution in [0.2, 0.25) is 0 Å². The number of benzene rings is 1. The number of para-hydroxylation sites is 1. The zero-order chi connectivity index (χ0) is 19.8. The van der Waals surface area contributed by atoms with Gasteiger partial charge in [-0.05, 0) is 37.8 Å². The predicted molar refractivity (Wildman–Crippen MR) is 105 cm³/mol. The molecule has 1 atom stereocenters. The lowest BCUT2D eigenvalue weighted by Crippen LogP contribution is -2.53. The highest BCUT2D eigenvalue weighted by Gasteiger charge is 2.46. The topological polar surface area (TPSA) is 111 Å². The summed E-state index contributed by atoms with van der Waals surface area (Å²) in [6.07, 6.45) is 7.16. The molecule has 0 bridgehead atoms. The van der Waals surface area contributed by atoms with Crippen LogP contribution in [0.15, 0.2) is 49.1 Å². The monoisotopic (exact) mass is 391 g/mol. The Balaban J connectivity index is 1.66. The van der Waals surface area contributed by atoms with Gasteiger partial charge in [0.25, 0.3) is 5.91 Å². The number of aromatic nitrogens is 5. The summed E-state index contributed by atoms with van der Waals surface area (Å²) >= 11 is 0. The molecule has 0 saturated heterocycles. The molecule has 1 aromatic carbocycles. The minimum absolute atomic E-state index is 0.0410. The summed E-state index contributed by atoms with van der Waals surface area (Å²) in [5, 5.41) is 16.8. The highest BCUT2D eigenvalue weighted by molar-refractivity contribution is 6.06. The van der Waals surface area contributed by atoms with Crippen LogP contribution in [-0.2, 0) is 4.79 Å². The van der Waals surface area contributed by atoms with E-state index in [0.29, 0.717) is 30.3 Å². The first-order valence-corrected chi connectivity index (χ1v) is 9.76. The molecule has 148 valence electrons. The minimum atomic E-state index is -0.750. The average molecular weight is 391 g/mol. The highest BCUT2D eigenvalue weighted by atomic mass is 16.3. The predicted octanol–water partition coefficient (Wildman–Crippen LogP) is 2.12. The first-order chi connectivity index (χ1) is 14.2. The van der Waals surface area contributed by atoms with Crippen LogP contribution in [-0.4, -0.2) is 48.3 Å². The van der Waals surface area contributed by atoms with E-state index in [0.717, 1.165) is 18.5 Å². The lowest BCUT2D eigenvalue weighted by molar-refractivity contribution is -0.121. The molecule has 5 rings (SSSR count). The van der Waals surface area contributed by atoms with Gasteiger partial charge in [0.1, 0.15) is 6.33 Å². The molecule has 1 amide bonds. The van der Waals surface area contributed by atoms with Crippen LogP contribution in [0.3, 0.4) is 0 Å². The van der Waals surface area contributed by atoms with E-state index in [4.69, 9.17) is 0 Å². The fraction of sp³-hybridized carbons (Fsp3) is 0.350. The van der Waals surface area contributed by atoms with E-state index in [1.54, 1.807) is 17.3 Å². The molecular formula is C20H21N7O2. The third kappa shape index (κ3) is 3.03. The Hall–Kier alpha value is -3.33. The summed E-state index contributed by atoms with van der Waals surface area (Å²) in [5.41, 5.74) is 0.816. The van der Waals surface area contributed by atoms with E-state index in [9.17, 15) is 9.90 Å². The molecule has 1 fully saturated rings. The fourth-order valence-corrected chi connectivity index (χ4v) is 4.24. The number of aliphatic hydroxyl groups is 1. The van der Waals surface area contributed by atoms with Crippen LogP contribution in [0.4, 0.5) is 17.3 Å². The van der Waals surface area contributed by atoms with Gasteiger partial charge in [-0.15, -0.1) is 0 Å². The fourth-order valence-electron chi connectivity index (χ4n) is 4.24. The number of aromatic amines is 1. The molecule has 2 N–H and O–H groups in total. The van der Waals surface area contributed by atoms with Crippen molar-refractivity contribution >= 4 is 23.2 Å². The van der Waals surface area contributed by atoms with Gasteiger partial charge in [0.15, 0.2) is 23.5 Å². The van der Waals surface area contributed by atoms with Gasteiger partial charge in [0, 0.05) is 24.1 Å². The molecule has 0 spiro atoms. The van der Waals surface area contributed by atoms with Gasteiger partial charge in [0.05, 0.1) is 6.10 Å². The van der Waals surface area contributed by atoms with Gasteiger partial charge in [-0.3, -0.25) is 14.8 Å². The first kappa shape index (κ1) is 17.7. The molecule has 0 radical (unpaired) electrons. The van der Waals surface area contributed by atoms with Crippen molar-refractivity contribution < 1.29 is 9.90 Å². The number of hydrogen-bond donors (Lipinski definition) is 2. The van der Waals surface area contributed by atoms with E-state index >= 15 is 0 Å². The number of hydrogen-bond acceptors (Lipinski definition) is 7. The number of aliphatic hydroxyl groups excluding tert-OH is 1. The quantitative estimate of drug-likeness (QED) is 0.703. The van der Waals surface area contributed by atoms with Gasteiger partial charge >= 0.3 is 0 Å². The van der Waals surface area contributed by atoms with Crippen LogP contribution >= 0.6 is 0 Å². The van der Waals surface area contributed by atoms with Crippen LogP contribution in [0.5, 0.6) is 0 Å². The smallest absolute Gasteiger partial charge is 0.259 e. The number of carbonyl (C=O) groups is 1. The van der Waals surface area contributed by atoms with Crippen LogP contribution in [0.1, 0.15) is 37.5 Å². The van der Waals surface area contributed by atoms with Gasteiger partial charge < -0.3 is 10.0 Å². The standard InChI is InChI=1S/C20H21N7O2/c28-15-8-6-14(7-9-15)27-19-18(21-10-11-22-19)26(13-4-2-1-3-5-13)16(20(27)29)17-23-12-24-25-17/h1-5,10-12,14-16,28H,6-9H2,(H,23,24,25)/t14-,15-,16?. The van der Waals surface area contributed by atoms with Crippen LogP contribution in [0, 0.1) is 0 Å². The molecule has 1 unspecified atom stereocenters. The Morgan fingerprint density at radius 2 is 1.62 bits per heavy atom. The van der Waals surface area contributed by atoms with Gasteiger partial charge in [-0.2, -0.15) is 5.10 Å².